The molecule has 0 saturated heterocycles. The molecule has 0 atom stereocenters. The molecular formula is C10H12N2O. The minimum Gasteiger partial charge on any atom is -0.326 e. The lowest BCUT2D eigenvalue weighted by atomic mass is 10.2. The van der Waals surface area contributed by atoms with Crippen molar-refractivity contribution in [1.82, 2.24) is 10.3 Å². The Morgan fingerprint density at radius 1 is 1.69 bits per heavy atom. The summed E-state index contributed by atoms with van der Waals surface area (Å²) in [5, 5.41) is 2.67. The maximum absolute atomic E-state index is 11.4. The fraction of sp³-hybridized carbons (Fsp3) is 0.200. The number of amides is 1. The Hall–Kier alpha value is -1.64. The molecular weight excluding hydrogens is 164 g/mol. The third-order valence-corrected chi connectivity index (χ3v) is 1.64. The van der Waals surface area contributed by atoms with Gasteiger partial charge in [0.05, 0.1) is 5.56 Å². The van der Waals surface area contributed by atoms with Crippen LogP contribution in [0.1, 0.15) is 23.7 Å². The summed E-state index contributed by atoms with van der Waals surface area (Å²) in [4.78, 5) is 15.3. The van der Waals surface area contributed by atoms with Crippen LogP contribution in [-0.2, 0) is 0 Å². The number of aromatic nitrogens is 1. The second-order valence-electron chi connectivity index (χ2n) is 2.65. The second-order valence-corrected chi connectivity index (χ2v) is 2.65. The van der Waals surface area contributed by atoms with Crippen molar-refractivity contribution in [3.8, 4) is 0 Å². The molecule has 3 heteroatoms. The topological polar surface area (TPSA) is 42.0 Å². The van der Waals surface area contributed by atoms with Crippen molar-refractivity contribution in [2.45, 2.75) is 13.3 Å². The summed E-state index contributed by atoms with van der Waals surface area (Å²) in [7, 11) is 0. The van der Waals surface area contributed by atoms with Gasteiger partial charge in [-0.05, 0) is 18.6 Å². The Bertz CT molecular complexity index is 306. The summed E-state index contributed by atoms with van der Waals surface area (Å²) in [6, 6.07) is 3.44. The number of pyridine rings is 1. The van der Waals surface area contributed by atoms with Crippen LogP contribution in [0.5, 0.6) is 0 Å². The van der Waals surface area contributed by atoms with Gasteiger partial charge >= 0.3 is 0 Å². The summed E-state index contributed by atoms with van der Waals surface area (Å²) < 4.78 is 0. The average Bonchev–Trinajstić information content (AvgIpc) is 2.19. The molecule has 0 aliphatic carbocycles. The largest absolute Gasteiger partial charge is 0.326 e. The fourth-order valence-electron chi connectivity index (χ4n) is 0.818. The van der Waals surface area contributed by atoms with Gasteiger partial charge in [-0.3, -0.25) is 9.78 Å². The van der Waals surface area contributed by atoms with Crippen molar-refractivity contribution in [3.63, 3.8) is 0 Å². The van der Waals surface area contributed by atoms with Gasteiger partial charge in [-0.2, -0.15) is 0 Å². The average molecular weight is 176 g/mol. The molecule has 0 unspecified atom stereocenters. The number of nitrogens with zero attached hydrogens (tertiary/aromatic N) is 1. The van der Waals surface area contributed by atoms with E-state index >= 15 is 0 Å². The lowest BCUT2D eigenvalue weighted by Gasteiger charge is -2.04. The van der Waals surface area contributed by atoms with Crippen molar-refractivity contribution >= 4 is 5.91 Å². The van der Waals surface area contributed by atoms with Gasteiger partial charge in [0.15, 0.2) is 0 Å². The number of carbonyl (C=O) groups is 1. The molecule has 0 radical (unpaired) electrons. The minimum absolute atomic E-state index is 0.153. The van der Waals surface area contributed by atoms with E-state index in [4.69, 9.17) is 0 Å². The van der Waals surface area contributed by atoms with Crippen LogP contribution in [-0.4, -0.2) is 10.9 Å². The van der Waals surface area contributed by atoms with E-state index in [1.807, 2.05) is 6.92 Å². The van der Waals surface area contributed by atoms with Gasteiger partial charge in [0.1, 0.15) is 0 Å². The summed E-state index contributed by atoms with van der Waals surface area (Å²) >= 11 is 0. The van der Waals surface area contributed by atoms with E-state index in [-0.39, 0.29) is 5.91 Å². The molecule has 68 valence electrons. The minimum atomic E-state index is -0.153. The third-order valence-electron chi connectivity index (χ3n) is 1.64. The van der Waals surface area contributed by atoms with E-state index in [0.29, 0.717) is 11.3 Å². The van der Waals surface area contributed by atoms with Crippen LogP contribution in [0.15, 0.2) is 36.8 Å². The molecule has 0 saturated carbocycles. The molecule has 0 fully saturated rings. The first-order valence-electron chi connectivity index (χ1n) is 4.13. The van der Waals surface area contributed by atoms with Gasteiger partial charge in [-0.15, -0.1) is 0 Å². The highest BCUT2D eigenvalue weighted by Crippen LogP contribution is 1.98. The van der Waals surface area contributed by atoms with Crippen LogP contribution in [0, 0.1) is 0 Å². The fourth-order valence-corrected chi connectivity index (χ4v) is 0.818. The van der Waals surface area contributed by atoms with Gasteiger partial charge in [-0.1, -0.05) is 13.5 Å². The first kappa shape index (κ1) is 9.45. The lowest BCUT2D eigenvalue weighted by Crippen LogP contribution is -2.21. The third kappa shape index (κ3) is 2.71. The number of rotatable bonds is 3. The Morgan fingerprint density at radius 3 is 3.00 bits per heavy atom. The summed E-state index contributed by atoms with van der Waals surface area (Å²) in [6.45, 7) is 5.62. The van der Waals surface area contributed by atoms with Crippen LogP contribution < -0.4 is 5.32 Å². The van der Waals surface area contributed by atoms with Gasteiger partial charge in [0.25, 0.3) is 5.91 Å². The monoisotopic (exact) mass is 176 g/mol. The van der Waals surface area contributed by atoms with Gasteiger partial charge in [0, 0.05) is 18.1 Å². The molecule has 0 spiro atoms. The molecule has 1 rings (SSSR count). The van der Waals surface area contributed by atoms with Gasteiger partial charge in [0.2, 0.25) is 0 Å². The van der Waals surface area contributed by atoms with E-state index in [1.54, 1.807) is 18.3 Å². The van der Waals surface area contributed by atoms with E-state index in [0.717, 1.165) is 6.42 Å². The number of nitrogens with one attached hydrogen (secondary N) is 1. The highest BCUT2D eigenvalue weighted by atomic mass is 16.1. The standard InChI is InChI=1S/C10H12N2O/c1-3-8(2)12-10(13)9-5-4-6-11-7-9/h4-7H,2-3H2,1H3,(H,12,13). The molecule has 1 N–H and O–H groups in total. The van der Waals surface area contributed by atoms with Gasteiger partial charge < -0.3 is 5.32 Å². The van der Waals surface area contributed by atoms with Crippen LogP contribution in [0.4, 0.5) is 0 Å². The van der Waals surface area contributed by atoms with Crippen molar-refractivity contribution < 1.29 is 4.79 Å². The molecule has 1 aromatic rings. The maximum Gasteiger partial charge on any atom is 0.256 e. The Kier molecular flexibility index (Phi) is 3.20. The quantitative estimate of drug-likeness (QED) is 0.762. The summed E-state index contributed by atoms with van der Waals surface area (Å²) in [5.41, 5.74) is 1.27. The van der Waals surface area contributed by atoms with Crippen LogP contribution in [0.3, 0.4) is 0 Å². The van der Waals surface area contributed by atoms with Gasteiger partial charge in [-0.25, -0.2) is 0 Å². The first-order valence-corrected chi connectivity index (χ1v) is 4.13. The van der Waals surface area contributed by atoms with E-state index in [2.05, 4.69) is 16.9 Å². The second kappa shape index (κ2) is 4.40. The molecule has 0 bridgehead atoms. The molecule has 0 aliphatic heterocycles. The molecule has 0 aromatic carbocycles. The van der Waals surface area contributed by atoms with Crippen molar-refractivity contribution in [2.24, 2.45) is 0 Å². The van der Waals surface area contributed by atoms with E-state index in [9.17, 15) is 4.79 Å². The van der Waals surface area contributed by atoms with Crippen molar-refractivity contribution in [2.75, 3.05) is 0 Å². The molecule has 1 heterocycles. The Balaban J connectivity index is 2.65. The molecule has 1 amide bonds. The first-order chi connectivity index (χ1) is 6.24. The van der Waals surface area contributed by atoms with E-state index in [1.165, 1.54) is 6.20 Å². The molecule has 3 nitrogen and oxygen atoms in total. The van der Waals surface area contributed by atoms with E-state index < -0.39 is 0 Å². The SMILES string of the molecule is C=C(CC)NC(=O)c1cccnc1. The van der Waals surface area contributed by atoms with Crippen molar-refractivity contribution in [1.29, 1.82) is 0 Å². The summed E-state index contributed by atoms with van der Waals surface area (Å²) in [5.74, 6) is -0.153. The zero-order valence-corrected chi connectivity index (χ0v) is 7.58. The zero-order chi connectivity index (χ0) is 9.68. The number of carbonyl (C=O) groups excluding carboxylic acids is 1. The zero-order valence-electron chi connectivity index (χ0n) is 7.58. The number of hydrogen-bond acceptors (Lipinski definition) is 2. The van der Waals surface area contributed by atoms with Crippen LogP contribution in [0.25, 0.3) is 0 Å². The lowest BCUT2D eigenvalue weighted by molar-refractivity contribution is 0.0964. The molecule has 1 aromatic heterocycles. The summed E-state index contributed by atoms with van der Waals surface area (Å²) in [6.07, 6.45) is 3.90. The van der Waals surface area contributed by atoms with Crippen molar-refractivity contribution in [3.05, 3.63) is 42.4 Å². The predicted molar refractivity (Wildman–Crippen MR) is 51.1 cm³/mol. The maximum atomic E-state index is 11.4. The predicted octanol–water partition coefficient (Wildman–Crippen LogP) is 1.74. The Morgan fingerprint density at radius 2 is 2.46 bits per heavy atom. The smallest absolute Gasteiger partial charge is 0.256 e. The van der Waals surface area contributed by atoms with Crippen LogP contribution in [0.2, 0.25) is 0 Å². The highest BCUT2D eigenvalue weighted by Gasteiger charge is 2.04. The highest BCUT2D eigenvalue weighted by molar-refractivity contribution is 5.94. The molecule has 13 heavy (non-hydrogen) atoms. The normalized spacial score (nSPS) is 9.31. The number of hydrogen-bond donors (Lipinski definition) is 1. The number of allylic oxidation sites excluding steroid dienone is 1. The Labute approximate surface area is 77.5 Å². The van der Waals surface area contributed by atoms with Crippen LogP contribution >= 0.6 is 0 Å². The molecule has 0 aliphatic rings.